The third kappa shape index (κ3) is 3.46. The molecule has 20 heavy (non-hydrogen) atoms. The van der Waals surface area contributed by atoms with Crippen LogP contribution in [0.25, 0.3) is 0 Å². The fourth-order valence-electron chi connectivity index (χ4n) is 1.83. The summed E-state index contributed by atoms with van der Waals surface area (Å²) in [5.41, 5.74) is 6.64. The number of anilines is 3. The summed E-state index contributed by atoms with van der Waals surface area (Å²) in [5, 5.41) is 0. The van der Waals surface area contributed by atoms with Gasteiger partial charge >= 0.3 is 0 Å². The molecule has 0 atom stereocenters. The Morgan fingerprint density at radius 3 is 2.40 bits per heavy atom. The number of aromatic nitrogens is 2. The van der Waals surface area contributed by atoms with Crippen LogP contribution in [0.5, 0.6) is 0 Å². The van der Waals surface area contributed by atoms with E-state index in [-0.39, 0.29) is 0 Å². The molecule has 2 rings (SSSR count). The second kappa shape index (κ2) is 6.67. The van der Waals surface area contributed by atoms with Gasteiger partial charge < -0.3 is 15.5 Å². The summed E-state index contributed by atoms with van der Waals surface area (Å²) in [6, 6.07) is 10.0. The van der Waals surface area contributed by atoms with E-state index in [4.69, 9.17) is 5.73 Å². The van der Waals surface area contributed by atoms with E-state index in [0.29, 0.717) is 6.54 Å². The Kier molecular flexibility index (Phi) is 4.92. The number of hydrogen-bond donors (Lipinski definition) is 1. The second-order valence-corrected chi connectivity index (χ2v) is 5.40. The predicted molar refractivity (Wildman–Crippen MR) is 86.6 cm³/mol. The molecule has 1 heterocycles. The van der Waals surface area contributed by atoms with Crippen molar-refractivity contribution in [3.63, 3.8) is 0 Å². The van der Waals surface area contributed by atoms with Crippen molar-refractivity contribution in [2.75, 3.05) is 37.0 Å². The quantitative estimate of drug-likeness (QED) is 0.909. The van der Waals surface area contributed by atoms with Crippen molar-refractivity contribution in [2.45, 2.75) is 0 Å². The summed E-state index contributed by atoms with van der Waals surface area (Å²) in [5.74, 6) is 1.71. The van der Waals surface area contributed by atoms with Gasteiger partial charge in [0.25, 0.3) is 0 Å². The van der Waals surface area contributed by atoms with E-state index >= 15 is 0 Å². The lowest BCUT2D eigenvalue weighted by Gasteiger charge is -2.21. The van der Waals surface area contributed by atoms with Gasteiger partial charge in [0.2, 0.25) is 0 Å². The Morgan fingerprint density at radius 2 is 1.75 bits per heavy atom. The van der Waals surface area contributed by atoms with Crippen molar-refractivity contribution in [3.8, 4) is 0 Å². The largest absolute Gasteiger partial charge is 0.358 e. The van der Waals surface area contributed by atoms with Gasteiger partial charge in [-0.25, -0.2) is 9.97 Å². The van der Waals surface area contributed by atoms with E-state index in [1.165, 1.54) is 0 Å². The van der Waals surface area contributed by atoms with Crippen LogP contribution < -0.4 is 15.5 Å². The fourth-order valence-corrected chi connectivity index (χ4v) is 2.10. The zero-order chi connectivity index (χ0) is 14.5. The second-order valence-electron chi connectivity index (χ2n) is 4.48. The summed E-state index contributed by atoms with van der Waals surface area (Å²) < 4.78 is 1.06. The molecular formula is C14H18BrN5. The zero-order valence-electron chi connectivity index (χ0n) is 11.6. The molecule has 6 heteroatoms. The molecule has 0 amide bonds. The number of hydrogen-bond acceptors (Lipinski definition) is 5. The van der Waals surface area contributed by atoms with Crippen LogP contribution in [0.4, 0.5) is 17.3 Å². The Balaban J connectivity index is 2.23. The highest BCUT2D eigenvalue weighted by atomic mass is 79.9. The minimum atomic E-state index is 0.596. The van der Waals surface area contributed by atoms with Crippen molar-refractivity contribution < 1.29 is 0 Å². The fraction of sp³-hybridized carbons (Fsp3) is 0.286. The Morgan fingerprint density at radius 1 is 1.10 bits per heavy atom. The molecule has 2 N–H and O–H groups in total. The molecule has 0 saturated heterocycles. The molecule has 106 valence electrons. The molecule has 0 bridgehead atoms. The first-order valence-corrected chi connectivity index (χ1v) is 7.13. The number of rotatable bonds is 5. The molecule has 0 radical (unpaired) electrons. The topological polar surface area (TPSA) is 58.3 Å². The van der Waals surface area contributed by atoms with Crippen molar-refractivity contribution in [1.82, 2.24) is 9.97 Å². The van der Waals surface area contributed by atoms with E-state index in [1.807, 2.05) is 54.2 Å². The van der Waals surface area contributed by atoms with Crippen LogP contribution in [0.2, 0.25) is 0 Å². The molecule has 0 unspecified atom stereocenters. The number of likely N-dealkylation sites (N-methyl/N-ethyl adjacent to an activating group) is 1. The minimum absolute atomic E-state index is 0.596. The third-order valence-corrected chi connectivity index (χ3v) is 3.58. The number of nitrogens with zero attached hydrogens (tertiary/aromatic N) is 4. The summed E-state index contributed by atoms with van der Waals surface area (Å²) in [6.45, 7) is 1.36. The van der Waals surface area contributed by atoms with Gasteiger partial charge in [-0.2, -0.15) is 0 Å². The summed E-state index contributed by atoms with van der Waals surface area (Å²) in [7, 11) is 3.96. The standard InChI is InChI=1S/C14H18BrN5/c1-19(8-7-16)13-9-14(18-10-17-13)20(2)12-5-3-11(15)4-6-12/h3-6,9-10H,7-8,16H2,1-2H3. The molecule has 5 nitrogen and oxygen atoms in total. The molecule has 1 aromatic carbocycles. The summed E-state index contributed by atoms with van der Waals surface area (Å²) in [4.78, 5) is 12.6. The van der Waals surface area contributed by atoms with E-state index in [0.717, 1.165) is 28.3 Å². The van der Waals surface area contributed by atoms with Crippen molar-refractivity contribution in [3.05, 3.63) is 41.1 Å². The van der Waals surface area contributed by atoms with Crippen LogP contribution in [0.1, 0.15) is 0 Å². The van der Waals surface area contributed by atoms with Gasteiger partial charge in [0.1, 0.15) is 18.0 Å². The predicted octanol–water partition coefficient (Wildman–Crippen LogP) is 2.40. The molecule has 0 spiro atoms. The maximum absolute atomic E-state index is 5.57. The maximum Gasteiger partial charge on any atom is 0.138 e. The molecule has 0 aliphatic carbocycles. The highest BCUT2D eigenvalue weighted by Gasteiger charge is 2.08. The van der Waals surface area contributed by atoms with E-state index < -0.39 is 0 Å². The van der Waals surface area contributed by atoms with Crippen LogP contribution in [0.15, 0.2) is 41.1 Å². The lowest BCUT2D eigenvalue weighted by atomic mass is 10.3. The monoisotopic (exact) mass is 335 g/mol. The van der Waals surface area contributed by atoms with E-state index in [9.17, 15) is 0 Å². The number of nitrogens with two attached hydrogens (primary N) is 1. The zero-order valence-corrected chi connectivity index (χ0v) is 13.2. The van der Waals surface area contributed by atoms with Crippen LogP contribution in [0.3, 0.4) is 0 Å². The van der Waals surface area contributed by atoms with Crippen LogP contribution in [0, 0.1) is 0 Å². The highest BCUT2D eigenvalue weighted by molar-refractivity contribution is 9.10. The van der Waals surface area contributed by atoms with Gasteiger partial charge in [0, 0.05) is 43.4 Å². The smallest absolute Gasteiger partial charge is 0.138 e. The van der Waals surface area contributed by atoms with Gasteiger partial charge in [-0.3, -0.25) is 0 Å². The highest BCUT2D eigenvalue weighted by Crippen LogP contribution is 2.25. The van der Waals surface area contributed by atoms with Crippen LogP contribution in [-0.4, -0.2) is 37.2 Å². The first-order chi connectivity index (χ1) is 9.61. The molecule has 0 aliphatic heterocycles. The van der Waals surface area contributed by atoms with Crippen molar-refractivity contribution in [1.29, 1.82) is 0 Å². The van der Waals surface area contributed by atoms with Gasteiger partial charge in [-0.15, -0.1) is 0 Å². The lowest BCUT2D eigenvalue weighted by molar-refractivity contribution is 0.863. The molecule has 2 aromatic rings. The Hall–Kier alpha value is -1.66. The van der Waals surface area contributed by atoms with Crippen LogP contribution in [-0.2, 0) is 0 Å². The first-order valence-electron chi connectivity index (χ1n) is 6.34. The normalized spacial score (nSPS) is 10.4. The SMILES string of the molecule is CN(CCN)c1cc(N(C)c2ccc(Br)cc2)ncn1. The molecule has 1 aromatic heterocycles. The van der Waals surface area contributed by atoms with Gasteiger partial charge in [-0.05, 0) is 24.3 Å². The summed E-state index contributed by atoms with van der Waals surface area (Å²) in [6.07, 6.45) is 1.58. The summed E-state index contributed by atoms with van der Waals surface area (Å²) >= 11 is 3.44. The minimum Gasteiger partial charge on any atom is -0.358 e. The lowest BCUT2D eigenvalue weighted by Crippen LogP contribution is -2.26. The molecule has 0 fully saturated rings. The Labute approximate surface area is 127 Å². The number of halogens is 1. The van der Waals surface area contributed by atoms with Gasteiger partial charge in [-0.1, -0.05) is 15.9 Å². The van der Waals surface area contributed by atoms with Gasteiger partial charge in [0.15, 0.2) is 0 Å². The van der Waals surface area contributed by atoms with E-state index in [2.05, 4.69) is 25.9 Å². The van der Waals surface area contributed by atoms with Gasteiger partial charge in [0.05, 0.1) is 0 Å². The molecular weight excluding hydrogens is 318 g/mol. The van der Waals surface area contributed by atoms with Crippen molar-refractivity contribution >= 4 is 33.3 Å². The maximum atomic E-state index is 5.57. The van der Waals surface area contributed by atoms with E-state index in [1.54, 1.807) is 6.33 Å². The average molecular weight is 336 g/mol. The third-order valence-electron chi connectivity index (χ3n) is 3.05. The molecule has 0 saturated carbocycles. The van der Waals surface area contributed by atoms with Crippen molar-refractivity contribution in [2.24, 2.45) is 5.73 Å². The average Bonchev–Trinajstić information content (AvgIpc) is 2.48. The van der Waals surface area contributed by atoms with Crippen LogP contribution >= 0.6 is 15.9 Å². The molecule has 0 aliphatic rings. The Bertz CT molecular complexity index is 558. The first kappa shape index (κ1) is 14.7. The number of benzene rings is 1.